The minimum Gasteiger partial charge on any atom is -0.396 e. The van der Waals surface area contributed by atoms with Crippen molar-refractivity contribution in [2.24, 2.45) is 5.41 Å². The number of nitrogens with zero attached hydrogens (tertiary/aromatic N) is 4. The van der Waals surface area contributed by atoms with E-state index in [4.69, 9.17) is 0 Å². The first kappa shape index (κ1) is 30.1. The van der Waals surface area contributed by atoms with Crippen LogP contribution in [0.1, 0.15) is 23.2 Å². The molecule has 0 saturated carbocycles. The molecule has 4 rings (SSSR count). The molecule has 3 N–H and O–H groups in total. The highest BCUT2D eigenvalue weighted by atomic mass is 19.4. The molecule has 1 aliphatic heterocycles. The summed E-state index contributed by atoms with van der Waals surface area (Å²) in [7, 11) is 0. The van der Waals surface area contributed by atoms with Crippen LogP contribution in [0.25, 0.3) is 16.9 Å². The summed E-state index contributed by atoms with van der Waals surface area (Å²) in [5, 5.41) is 19.5. The van der Waals surface area contributed by atoms with E-state index < -0.39 is 63.5 Å². The van der Waals surface area contributed by atoms with Gasteiger partial charge in [-0.05, 0) is 25.0 Å². The predicted octanol–water partition coefficient (Wildman–Crippen LogP) is 2.85. The summed E-state index contributed by atoms with van der Waals surface area (Å²) in [6.45, 7) is 0.0192. The second-order valence-corrected chi connectivity index (χ2v) is 9.53. The van der Waals surface area contributed by atoms with E-state index in [1.165, 1.54) is 6.07 Å². The molecule has 1 aliphatic rings. The largest absolute Gasteiger partial charge is 0.417 e. The van der Waals surface area contributed by atoms with Gasteiger partial charge in [0.1, 0.15) is 17.2 Å². The summed E-state index contributed by atoms with van der Waals surface area (Å²) in [6.07, 6.45) is -10.2. The van der Waals surface area contributed by atoms with Gasteiger partial charge in [-0.1, -0.05) is 0 Å². The smallest absolute Gasteiger partial charge is 0.396 e. The Bertz CT molecular complexity index is 1500. The molecule has 0 aliphatic carbocycles. The normalized spacial score (nSPS) is 15.9. The lowest BCUT2D eigenvalue weighted by Gasteiger charge is -2.40. The summed E-state index contributed by atoms with van der Waals surface area (Å²) < 4.78 is 107. The van der Waals surface area contributed by atoms with Crippen LogP contribution in [0.2, 0.25) is 0 Å². The van der Waals surface area contributed by atoms with Crippen molar-refractivity contribution in [3.63, 3.8) is 0 Å². The number of alkyl halides is 6. The molecule has 222 valence electrons. The number of anilines is 1. The third-order valence-electron chi connectivity index (χ3n) is 6.85. The minimum atomic E-state index is -5.96. The van der Waals surface area contributed by atoms with E-state index in [2.05, 4.69) is 9.97 Å². The number of aliphatic hydroxyl groups excluding tert-OH is 2. The molecule has 0 aromatic carbocycles. The summed E-state index contributed by atoms with van der Waals surface area (Å²) >= 11 is 0. The number of carbonyl (C=O) groups excluding carboxylic acids is 1. The highest BCUT2D eigenvalue weighted by molar-refractivity contribution is 5.97. The van der Waals surface area contributed by atoms with E-state index >= 15 is 0 Å². The maximum Gasteiger partial charge on any atom is 0.417 e. The number of hydrogen-bond acceptors (Lipinski definition) is 7. The van der Waals surface area contributed by atoms with Gasteiger partial charge in [0.2, 0.25) is 11.5 Å². The molecule has 1 amide bonds. The number of aliphatic hydroxyl groups is 2. The van der Waals surface area contributed by atoms with Gasteiger partial charge in [0.15, 0.2) is 17.3 Å². The zero-order chi connectivity index (χ0) is 30.3. The number of fused-ring (bicyclic) bond motifs is 1. The number of carbonyl (C=O) groups is 1. The number of pyridine rings is 3. The molecule has 0 bridgehead atoms. The maximum atomic E-state index is 14.8. The second-order valence-electron chi connectivity index (χ2n) is 9.53. The van der Waals surface area contributed by atoms with Gasteiger partial charge in [0.05, 0.1) is 24.8 Å². The van der Waals surface area contributed by atoms with Crippen LogP contribution >= 0.6 is 0 Å². The van der Waals surface area contributed by atoms with E-state index in [1.807, 2.05) is 0 Å². The lowest BCUT2D eigenvalue weighted by Crippen LogP contribution is -2.55. The summed E-state index contributed by atoms with van der Waals surface area (Å²) in [6, 6.07) is -1.53. The third-order valence-corrected chi connectivity index (χ3v) is 6.85. The van der Waals surface area contributed by atoms with Gasteiger partial charge in [-0.2, -0.15) is 26.3 Å². The van der Waals surface area contributed by atoms with Crippen molar-refractivity contribution in [1.82, 2.24) is 19.9 Å². The van der Waals surface area contributed by atoms with Gasteiger partial charge in [0.25, 0.3) is 5.91 Å². The van der Waals surface area contributed by atoms with Gasteiger partial charge in [-0.25, -0.2) is 18.7 Å². The fourth-order valence-corrected chi connectivity index (χ4v) is 4.41. The van der Waals surface area contributed by atoms with Crippen molar-refractivity contribution in [2.75, 3.05) is 31.2 Å². The fraction of sp³-hybridized carbons (Fsp3) is 0.417. The first-order valence-electron chi connectivity index (χ1n) is 11.9. The quantitative estimate of drug-likeness (QED) is 0.375. The maximum absolute atomic E-state index is 14.8. The Morgan fingerprint density at radius 3 is 2.20 bits per heavy atom. The molecule has 0 radical (unpaired) electrons. The Kier molecular flexibility index (Phi) is 7.97. The van der Waals surface area contributed by atoms with Gasteiger partial charge in [-0.3, -0.25) is 14.2 Å². The van der Waals surface area contributed by atoms with E-state index in [1.54, 1.807) is 4.90 Å². The summed E-state index contributed by atoms with van der Waals surface area (Å²) in [5.74, 6) is -5.07. The predicted molar refractivity (Wildman–Crippen MR) is 126 cm³/mol. The average molecular weight is 595 g/mol. The van der Waals surface area contributed by atoms with Crippen molar-refractivity contribution in [1.29, 1.82) is 0 Å². The van der Waals surface area contributed by atoms with Crippen molar-refractivity contribution in [3.05, 3.63) is 58.0 Å². The number of halogens is 8. The molecule has 0 spiro atoms. The molecule has 3 aromatic heterocycles. The highest BCUT2D eigenvalue weighted by Gasteiger charge is 2.57. The number of rotatable bonds is 6. The minimum absolute atomic E-state index is 0.198. The molecule has 0 atom stereocenters. The Morgan fingerprint density at radius 2 is 1.66 bits per heavy atom. The molecular formula is C24H21F8N5O4. The van der Waals surface area contributed by atoms with Crippen LogP contribution in [0, 0.1) is 17.0 Å². The van der Waals surface area contributed by atoms with Crippen molar-refractivity contribution >= 4 is 22.8 Å². The molecule has 9 nitrogen and oxygen atoms in total. The zero-order valence-electron chi connectivity index (χ0n) is 20.7. The van der Waals surface area contributed by atoms with Gasteiger partial charge >= 0.3 is 12.4 Å². The summed E-state index contributed by atoms with van der Waals surface area (Å²) in [5.41, 5.74) is -3.64. The van der Waals surface area contributed by atoms with Gasteiger partial charge in [0, 0.05) is 30.8 Å². The first-order chi connectivity index (χ1) is 19.1. The fourth-order valence-electron chi connectivity index (χ4n) is 4.41. The number of hydrogen-bond donors (Lipinski definition) is 3. The summed E-state index contributed by atoms with van der Waals surface area (Å²) in [4.78, 5) is 35.3. The third kappa shape index (κ3) is 5.95. The number of piperidine rings is 1. The SMILES string of the molecule is O=C(NC(C(F)(F)F)C(F)(F)F)c1cn(-c2ncc(F)cc2F)c2nc(N3CCC(CO)(CO)CC3)ccc2c1=O. The molecule has 41 heavy (non-hydrogen) atoms. The van der Waals surface area contributed by atoms with Crippen LogP contribution in [0.3, 0.4) is 0 Å². The van der Waals surface area contributed by atoms with E-state index in [0.29, 0.717) is 35.9 Å². The van der Waals surface area contributed by atoms with Crippen molar-refractivity contribution < 1.29 is 50.1 Å². The highest BCUT2D eigenvalue weighted by Crippen LogP contribution is 2.34. The molecule has 4 heterocycles. The number of amides is 1. The van der Waals surface area contributed by atoms with Crippen LogP contribution in [-0.4, -0.2) is 75.4 Å². The van der Waals surface area contributed by atoms with Crippen molar-refractivity contribution in [3.8, 4) is 5.82 Å². The van der Waals surface area contributed by atoms with E-state index in [-0.39, 0.29) is 37.8 Å². The van der Waals surface area contributed by atoms with E-state index in [9.17, 15) is 54.9 Å². The van der Waals surface area contributed by atoms with Crippen LogP contribution in [0.5, 0.6) is 0 Å². The lowest BCUT2D eigenvalue weighted by atomic mass is 9.80. The second kappa shape index (κ2) is 10.8. The van der Waals surface area contributed by atoms with Gasteiger partial charge < -0.3 is 20.4 Å². The monoisotopic (exact) mass is 595 g/mol. The Hall–Kier alpha value is -3.86. The average Bonchev–Trinajstić information content (AvgIpc) is 2.91. The Labute approximate surface area is 225 Å². The first-order valence-corrected chi connectivity index (χ1v) is 11.9. The molecule has 0 unspecified atom stereocenters. The lowest BCUT2D eigenvalue weighted by molar-refractivity contribution is -0.255. The van der Waals surface area contributed by atoms with E-state index in [0.717, 1.165) is 11.4 Å². The molecular weight excluding hydrogens is 574 g/mol. The number of aromatic nitrogens is 3. The van der Waals surface area contributed by atoms with Gasteiger partial charge in [-0.15, -0.1) is 0 Å². The van der Waals surface area contributed by atoms with Crippen LogP contribution < -0.4 is 15.6 Å². The molecule has 17 heteroatoms. The molecule has 3 aromatic rings. The Morgan fingerprint density at radius 1 is 1.05 bits per heavy atom. The molecule has 1 fully saturated rings. The van der Waals surface area contributed by atoms with Crippen LogP contribution in [0.15, 0.2) is 35.4 Å². The van der Waals surface area contributed by atoms with Crippen LogP contribution in [0.4, 0.5) is 40.9 Å². The standard InChI is InChI=1S/C24H21F8N5O4/c25-12-7-15(26)19(33-8-12)37-9-14(20(41)35-21(23(27,28)29)24(30,31)32)17(40)13-1-2-16(34-18(13)37)36-5-3-22(10-38,11-39)4-6-36/h1-2,7-9,21,38-39H,3-6,10-11H2,(H,35,41). The van der Waals surface area contributed by atoms with Crippen LogP contribution in [-0.2, 0) is 0 Å². The Balaban J connectivity index is 1.85. The van der Waals surface area contributed by atoms with Crippen molar-refractivity contribution in [2.45, 2.75) is 31.2 Å². The number of nitrogens with one attached hydrogen (secondary N) is 1. The zero-order valence-corrected chi connectivity index (χ0v) is 20.7. The topological polar surface area (TPSA) is 121 Å². The molecule has 1 saturated heterocycles.